The van der Waals surface area contributed by atoms with Gasteiger partial charge in [0, 0.05) is 29.9 Å². The number of benzene rings is 2. The normalized spacial score (nSPS) is 10.3. The zero-order valence-corrected chi connectivity index (χ0v) is 14.3. The average molecular weight is 325 g/mol. The van der Waals surface area contributed by atoms with Gasteiger partial charge in [-0.15, -0.1) is 0 Å². The topological polar surface area (TPSA) is 84.2 Å². The molecule has 24 heavy (non-hydrogen) atoms. The highest BCUT2D eigenvalue weighted by atomic mass is 16.2. The maximum Gasteiger partial charge on any atom is 0.255 e. The highest BCUT2D eigenvalue weighted by Gasteiger charge is 2.10. The Kier molecular flexibility index (Phi) is 5.71. The molecule has 126 valence electrons. The van der Waals surface area contributed by atoms with Gasteiger partial charge < -0.3 is 16.4 Å². The lowest BCUT2D eigenvalue weighted by atomic mass is 10.1. The van der Waals surface area contributed by atoms with E-state index in [0.29, 0.717) is 23.5 Å². The fourth-order valence-electron chi connectivity index (χ4n) is 2.27. The summed E-state index contributed by atoms with van der Waals surface area (Å²) >= 11 is 0. The zero-order valence-electron chi connectivity index (χ0n) is 14.3. The van der Waals surface area contributed by atoms with Crippen molar-refractivity contribution in [1.82, 2.24) is 0 Å². The molecule has 0 atom stereocenters. The monoisotopic (exact) mass is 325 g/mol. The molecule has 0 saturated carbocycles. The van der Waals surface area contributed by atoms with Crippen molar-refractivity contribution in [2.24, 2.45) is 5.73 Å². The molecule has 0 aliphatic carbocycles. The van der Waals surface area contributed by atoms with Gasteiger partial charge in [-0.1, -0.05) is 12.1 Å². The van der Waals surface area contributed by atoms with Crippen molar-refractivity contribution in [1.29, 1.82) is 0 Å². The summed E-state index contributed by atoms with van der Waals surface area (Å²) in [4.78, 5) is 24.1. The van der Waals surface area contributed by atoms with E-state index in [0.717, 1.165) is 16.7 Å². The molecule has 0 aliphatic rings. The second-order valence-corrected chi connectivity index (χ2v) is 5.87. The third-order valence-corrected chi connectivity index (χ3v) is 3.91. The molecule has 2 amide bonds. The fraction of sp³-hybridized carbons (Fsp3) is 0.263. The van der Waals surface area contributed by atoms with Gasteiger partial charge in [-0.05, 0) is 61.7 Å². The predicted molar refractivity (Wildman–Crippen MR) is 97.3 cm³/mol. The van der Waals surface area contributed by atoms with Crippen LogP contribution in [0.5, 0.6) is 0 Å². The summed E-state index contributed by atoms with van der Waals surface area (Å²) in [7, 11) is 0. The van der Waals surface area contributed by atoms with Crippen LogP contribution >= 0.6 is 0 Å². The molecule has 0 heterocycles. The Morgan fingerprint density at radius 1 is 0.917 bits per heavy atom. The summed E-state index contributed by atoms with van der Waals surface area (Å²) in [6.45, 7) is 6.19. The van der Waals surface area contributed by atoms with E-state index in [1.807, 2.05) is 39.0 Å². The minimum Gasteiger partial charge on any atom is -0.330 e. The van der Waals surface area contributed by atoms with Crippen molar-refractivity contribution < 1.29 is 9.59 Å². The van der Waals surface area contributed by atoms with Crippen LogP contribution in [0.4, 0.5) is 11.4 Å². The van der Waals surface area contributed by atoms with E-state index in [2.05, 4.69) is 10.6 Å². The molecule has 0 unspecified atom stereocenters. The Morgan fingerprint density at radius 2 is 1.62 bits per heavy atom. The Labute approximate surface area is 142 Å². The number of rotatable bonds is 5. The first-order chi connectivity index (χ1) is 11.4. The highest BCUT2D eigenvalue weighted by Crippen LogP contribution is 2.21. The first-order valence-electron chi connectivity index (χ1n) is 7.90. The quantitative estimate of drug-likeness (QED) is 0.789. The number of aryl methyl sites for hydroxylation is 3. The van der Waals surface area contributed by atoms with E-state index in [4.69, 9.17) is 5.73 Å². The van der Waals surface area contributed by atoms with Crippen molar-refractivity contribution in [3.63, 3.8) is 0 Å². The van der Waals surface area contributed by atoms with E-state index in [1.54, 1.807) is 18.2 Å². The van der Waals surface area contributed by atoms with E-state index >= 15 is 0 Å². The van der Waals surface area contributed by atoms with E-state index in [1.165, 1.54) is 0 Å². The zero-order chi connectivity index (χ0) is 17.7. The Bertz CT molecular complexity index is 769. The summed E-state index contributed by atoms with van der Waals surface area (Å²) in [6.07, 6.45) is 0.262. The molecule has 0 aromatic heterocycles. The number of anilines is 2. The van der Waals surface area contributed by atoms with Crippen LogP contribution in [-0.4, -0.2) is 18.4 Å². The third-order valence-electron chi connectivity index (χ3n) is 3.91. The van der Waals surface area contributed by atoms with Crippen LogP contribution in [0.15, 0.2) is 36.4 Å². The van der Waals surface area contributed by atoms with Crippen molar-refractivity contribution in [3.05, 3.63) is 58.7 Å². The van der Waals surface area contributed by atoms with Gasteiger partial charge in [0.2, 0.25) is 5.91 Å². The number of nitrogens with one attached hydrogen (secondary N) is 2. The first-order valence-corrected chi connectivity index (χ1v) is 7.90. The van der Waals surface area contributed by atoms with E-state index in [9.17, 15) is 9.59 Å². The number of amides is 2. The number of carbonyl (C=O) groups is 2. The first kappa shape index (κ1) is 17.7. The van der Waals surface area contributed by atoms with Gasteiger partial charge >= 0.3 is 0 Å². The Morgan fingerprint density at radius 3 is 2.29 bits per heavy atom. The average Bonchev–Trinajstić information content (AvgIpc) is 2.53. The van der Waals surface area contributed by atoms with E-state index < -0.39 is 0 Å². The molecule has 5 nitrogen and oxygen atoms in total. The molecule has 4 N–H and O–H groups in total. The van der Waals surface area contributed by atoms with Crippen molar-refractivity contribution >= 4 is 23.2 Å². The second-order valence-electron chi connectivity index (χ2n) is 5.87. The molecule has 0 aliphatic heterocycles. The summed E-state index contributed by atoms with van der Waals surface area (Å²) < 4.78 is 0. The van der Waals surface area contributed by atoms with Crippen LogP contribution in [0, 0.1) is 20.8 Å². The Hall–Kier alpha value is -2.66. The molecule has 0 saturated heterocycles. The maximum absolute atomic E-state index is 12.5. The SMILES string of the molecule is Cc1ccc(C(=O)Nc2cc(NC(=O)CCN)ccc2C)cc1C. The minimum absolute atomic E-state index is 0.146. The molecule has 0 radical (unpaired) electrons. The van der Waals surface area contributed by atoms with Crippen LogP contribution in [-0.2, 0) is 4.79 Å². The van der Waals surface area contributed by atoms with Crippen LogP contribution in [0.3, 0.4) is 0 Å². The molecule has 0 bridgehead atoms. The summed E-state index contributed by atoms with van der Waals surface area (Å²) in [6, 6.07) is 11.0. The fourth-order valence-corrected chi connectivity index (χ4v) is 2.27. The van der Waals surface area contributed by atoms with Crippen LogP contribution in [0.2, 0.25) is 0 Å². The predicted octanol–water partition coefficient (Wildman–Crippen LogP) is 3.15. The van der Waals surface area contributed by atoms with Crippen LogP contribution in [0.25, 0.3) is 0 Å². The lowest BCUT2D eigenvalue weighted by molar-refractivity contribution is -0.116. The lowest BCUT2D eigenvalue weighted by Crippen LogP contribution is -2.17. The standard InChI is InChI=1S/C19H23N3O2/c1-12-4-6-15(10-14(12)3)19(24)22-17-11-16(7-5-13(17)2)21-18(23)8-9-20/h4-7,10-11H,8-9,20H2,1-3H3,(H,21,23)(H,22,24). The number of nitrogens with two attached hydrogens (primary N) is 1. The van der Waals surface area contributed by atoms with Crippen LogP contribution in [0.1, 0.15) is 33.5 Å². The van der Waals surface area contributed by atoms with Crippen molar-refractivity contribution in [2.75, 3.05) is 17.2 Å². The van der Waals surface area contributed by atoms with Gasteiger partial charge in [0.25, 0.3) is 5.91 Å². The maximum atomic E-state index is 12.5. The smallest absolute Gasteiger partial charge is 0.255 e. The van der Waals surface area contributed by atoms with Gasteiger partial charge in [0.1, 0.15) is 0 Å². The van der Waals surface area contributed by atoms with Gasteiger partial charge in [-0.2, -0.15) is 0 Å². The number of hydrogen-bond donors (Lipinski definition) is 3. The van der Waals surface area contributed by atoms with Gasteiger partial charge in [0.15, 0.2) is 0 Å². The van der Waals surface area contributed by atoms with Gasteiger partial charge in [-0.3, -0.25) is 9.59 Å². The number of hydrogen-bond acceptors (Lipinski definition) is 3. The molecule has 5 heteroatoms. The number of carbonyl (C=O) groups excluding carboxylic acids is 2. The Balaban J connectivity index is 2.17. The molecule has 2 rings (SSSR count). The molecular weight excluding hydrogens is 302 g/mol. The summed E-state index contributed by atoms with van der Waals surface area (Å²) in [5, 5.41) is 5.67. The third kappa shape index (κ3) is 4.43. The van der Waals surface area contributed by atoms with Gasteiger partial charge in [0.05, 0.1) is 0 Å². The van der Waals surface area contributed by atoms with Crippen molar-refractivity contribution in [2.45, 2.75) is 27.2 Å². The molecular formula is C19H23N3O2. The second kappa shape index (κ2) is 7.75. The highest BCUT2D eigenvalue weighted by molar-refractivity contribution is 6.05. The lowest BCUT2D eigenvalue weighted by Gasteiger charge is -2.12. The molecule has 2 aromatic rings. The minimum atomic E-state index is -0.174. The summed E-state index contributed by atoms with van der Waals surface area (Å²) in [5.74, 6) is -0.320. The largest absolute Gasteiger partial charge is 0.330 e. The summed E-state index contributed by atoms with van der Waals surface area (Å²) in [5.41, 5.74) is 10.4. The van der Waals surface area contributed by atoms with Crippen LogP contribution < -0.4 is 16.4 Å². The van der Waals surface area contributed by atoms with E-state index in [-0.39, 0.29) is 18.2 Å². The molecule has 0 spiro atoms. The molecule has 2 aromatic carbocycles. The van der Waals surface area contributed by atoms with Crippen molar-refractivity contribution in [3.8, 4) is 0 Å². The van der Waals surface area contributed by atoms with Gasteiger partial charge in [-0.25, -0.2) is 0 Å². The molecule has 0 fully saturated rings.